The number of primary amides is 1. The number of carbonyl (C=O) groups is 1. The van der Waals surface area contributed by atoms with E-state index in [4.69, 9.17) is 5.73 Å². The number of benzene rings is 2. The molecule has 0 aliphatic heterocycles. The van der Waals surface area contributed by atoms with E-state index in [1.807, 2.05) is 36.4 Å². The Labute approximate surface area is 110 Å². The zero-order valence-corrected chi connectivity index (χ0v) is 10.1. The summed E-state index contributed by atoms with van der Waals surface area (Å²) in [4.78, 5) is 10.5. The number of phenolic OH excluding ortho intramolecular Hbond substituents is 1. The van der Waals surface area contributed by atoms with Crippen molar-refractivity contribution in [3.8, 4) is 16.9 Å². The van der Waals surface area contributed by atoms with Crippen molar-refractivity contribution in [2.75, 3.05) is 0 Å². The molecule has 0 heterocycles. The standard InChI is InChI=1S/C14H13N3O2/c15-14(19)17-16-9-12-8-11(6-7-13(12)18)10-4-2-1-3-5-10/h1-9,18H,(H3,15,17,19)/b16-9+. The van der Waals surface area contributed by atoms with Gasteiger partial charge in [-0.15, -0.1) is 0 Å². The SMILES string of the molecule is NC(=O)N/N=C/c1cc(-c2ccccc2)ccc1O. The molecule has 0 saturated heterocycles. The topological polar surface area (TPSA) is 87.7 Å². The highest BCUT2D eigenvalue weighted by Crippen LogP contribution is 2.24. The maximum atomic E-state index is 10.5. The Balaban J connectivity index is 2.30. The zero-order chi connectivity index (χ0) is 13.7. The van der Waals surface area contributed by atoms with Gasteiger partial charge in [0.2, 0.25) is 0 Å². The minimum Gasteiger partial charge on any atom is -0.507 e. The van der Waals surface area contributed by atoms with Crippen molar-refractivity contribution in [2.24, 2.45) is 10.8 Å². The molecule has 0 saturated carbocycles. The highest BCUT2D eigenvalue weighted by Gasteiger charge is 2.02. The van der Waals surface area contributed by atoms with Crippen LogP contribution in [0.4, 0.5) is 4.79 Å². The Morgan fingerprint density at radius 3 is 2.58 bits per heavy atom. The molecule has 0 atom stereocenters. The van der Waals surface area contributed by atoms with Crippen molar-refractivity contribution in [2.45, 2.75) is 0 Å². The van der Waals surface area contributed by atoms with E-state index < -0.39 is 6.03 Å². The molecular weight excluding hydrogens is 242 g/mol. The molecule has 2 rings (SSSR count). The summed E-state index contributed by atoms with van der Waals surface area (Å²) in [5.41, 5.74) is 9.43. The van der Waals surface area contributed by atoms with Crippen LogP contribution in [0.2, 0.25) is 0 Å². The number of hydrogen-bond donors (Lipinski definition) is 3. The first kappa shape index (κ1) is 12.6. The lowest BCUT2D eigenvalue weighted by molar-refractivity contribution is 0.249. The van der Waals surface area contributed by atoms with E-state index in [1.165, 1.54) is 6.21 Å². The van der Waals surface area contributed by atoms with Crippen molar-refractivity contribution in [3.63, 3.8) is 0 Å². The summed E-state index contributed by atoms with van der Waals surface area (Å²) in [6.45, 7) is 0. The predicted octanol–water partition coefficient (Wildman–Crippen LogP) is 2.06. The van der Waals surface area contributed by atoms with Crippen LogP contribution in [0.25, 0.3) is 11.1 Å². The summed E-state index contributed by atoms with van der Waals surface area (Å²) in [7, 11) is 0. The molecule has 0 radical (unpaired) electrons. The third-order valence-corrected chi connectivity index (χ3v) is 2.51. The van der Waals surface area contributed by atoms with Crippen LogP contribution >= 0.6 is 0 Å². The maximum absolute atomic E-state index is 10.5. The molecule has 5 heteroatoms. The zero-order valence-electron chi connectivity index (χ0n) is 10.1. The average Bonchev–Trinajstić information content (AvgIpc) is 2.41. The molecule has 96 valence electrons. The molecule has 0 unspecified atom stereocenters. The fourth-order valence-corrected chi connectivity index (χ4v) is 1.63. The summed E-state index contributed by atoms with van der Waals surface area (Å²) in [6.07, 6.45) is 1.34. The number of phenols is 1. The van der Waals surface area contributed by atoms with Crippen LogP contribution in [0, 0.1) is 0 Å². The van der Waals surface area contributed by atoms with Gasteiger partial charge < -0.3 is 10.8 Å². The third-order valence-electron chi connectivity index (χ3n) is 2.51. The first-order chi connectivity index (χ1) is 9.16. The number of hydrazone groups is 1. The Morgan fingerprint density at radius 2 is 1.89 bits per heavy atom. The molecule has 0 spiro atoms. The molecule has 0 aromatic heterocycles. The number of hydrogen-bond acceptors (Lipinski definition) is 3. The Bertz CT molecular complexity index is 609. The molecule has 4 N–H and O–H groups in total. The van der Waals surface area contributed by atoms with Crippen molar-refractivity contribution in [1.29, 1.82) is 0 Å². The van der Waals surface area contributed by atoms with Gasteiger partial charge in [0.15, 0.2) is 0 Å². The van der Waals surface area contributed by atoms with Gasteiger partial charge in [-0.1, -0.05) is 36.4 Å². The second-order valence-corrected chi connectivity index (χ2v) is 3.87. The van der Waals surface area contributed by atoms with E-state index in [0.717, 1.165) is 11.1 Å². The van der Waals surface area contributed by atoms with Crippen LogP contribution in [-0.4, -0.2) is 17.4 Å². The quantitative estimate of drug-likeness (QED) is 0.579. The molecule has 0 bridgehead atoms. The summed E-state index contributed by atoms with van der Waals surface area (Å²) >= 11 is 0. The van der Waals surface area contributed by atoms with Crippen LogP contribution in [0.1, 0.15) is 5.56 Å². The van der Waals surface area contributed by atoms with Gasteiger partial charge >= 0.3 is 6.03 Å². The van der Waals surface area contributed by atoms with Gasteiger partial charge in [0.25, 0.3) is 0 Å². The molecule has 2 amide bonds. The molecule has 2 aromatic rings. The molecular formula is C14H13N3O2. The van der Waals surface area contributed by atoms with Crippen molar-refractivity contribution in [3.05, 3.63) is 54.1 Å². The van der Waals surface area contributed by atoms with Crippen LogP contribution < -0.4 is 11.2 Å². The van der Waals surface area contributed by atoms with Gasteiger partial charge in [0.1, 0.15) is 5.75 Å². The number of amides is 2. The monoisotopic (exact) mass is 255 g/mol. The van der Waals surface area contributed by atoms with E-state index in [1.54, 1.807) is 12.1 Å². The van der Waals surface area contributed by atoms with Crippen LogP contribution in [-0.2, 0) is 0 Å². The minimum atomic E-state index is -0.755. The summed E-state index contributed by atoms with van der Waals surface area (Å²) in [6, 6.07) is 14.1. The normalized spacial score (nSPS) is 10.5. The lowest BCUT2D eigenvalue weighted by atomic mass is 10.0. The Hall–Kier alpha value is -2.82. The van der Waals surface area contributed by atoms with Crippen molar-refractivity contribution < 1.29 is 9.90 Å². The van der Waals surface area contributed by atoms with Gasteiger partial charge in [-0.05, 0) is 23.3 Å². The fraction of sp³-hybridized carbons (Fsp3) is 0. The number of aromatic hydroxyl groups is 1. The average molecular weight is 255 g/mol. The third kappa shape index (κ3) is 3.32. The minimum absolute atomic E-state index is 0.0784. The molecule has 0 aliphatic carbocycles. The number of nitrogens with one attached hydrogen (secondary N) is 1. The van der Waals surface area contributed by atoms with Gasteiger partial charge in [-0.2, -0.15) is 5.10 Å². The highest BCUT2D eigenvalue weighted by atomic mass is 16.3. The van der Waals surface area contributed by atoms with Crippen molar-refractivity contribution >= 4 is 12.2 Å². The van der Waals surface area contributed by atoms with Crippen LogP contribution in [0.15, 0.2) is 53.6 Å². The van der Waals surface area contributed by atoms with Gasteiger partial charge in [0.05, 0.1) is 6.21 Å². The molecule has 5 nitrogen and oxygen atoms in total. The predicted molar refractivity (Wildman–Crippen MR) is 73.9 cm³/mol. The molecule has 0 aliphatic rings. The Morgan fingerprint density at radius 1 is 1.16 bits per heavy atom. The largest absolute Gasteiger partial charge is 0.507 e. The second kappa shape index (κ2) is 5.68. The number of carbonyl (C=O) groups excluding carboxylic acids is 1. The summed E-state index contributed by atoms with van der Waals surface area (Å²) in [5.74, 6) is 0.0784. The van der Waals surface area contributed by atoms with E-state index in [9.17, 15) is 9.90 Å². The summed E-state index contributed by atoms with van der Waals surface area (Å²) in [5, 5.41) is 13.3. The summed E-state index contributed by atoms with van der Waals surface area (Å²) < 4.78 is 0. The number of nitrogens with two attached hydrogens (primary N) is 1. The lowest BCUT2D eigenvalue weighted by Gasteiger charge is -2.04. The smallest absolute Gasteiger partial charge is 0.332 e. The van der Waals surface area contributed by atoms with Gasteiger partial charge in [-0.25, -0.2) is 10.2 Å². The van der Waals surface area contributed by atoms with E-state index >= 15 is 0 Å². The van der Waals surface area contributed by atoms with Gasteiger partial charge in [0, 0.05) is 5.56 Å². The van der Waals surface area contributed by atoms with Crippen LogP contribution in [0.5, 0.6) is 5.75 Å². The number of rotatable bonds is 3. The highest BCUT2D eigenvalue weighted by molar-refractivity contribution is 5.87. The second-order valence-electron chi connectivity index (χ2n) is 3.87. The number of nitrogens with zero attached hydrogens (tertiary/aromatic N) is 1. The number of urea groups is 1. The first-order valence-corrected chi connectivity index (χ1v) is 5.64. The lowest BCUT2D eigenvalue weighted by Crippen LogP contribution is -2.24. The molecule has 19 heavy (non-hydrogen) atoms. The molecule has 2 aromatic carbocycles. The van der Waals surface area contributed by atoms with E-state index in [2.05, 4.69) is 10.5 Å². The van der Waals surface area contributed by atoms with E-state index in [0.29, 0.717) is 5.56 Å². The van der Waals surface area contributed by atoms with Crippen LogP contribution in [0.3, 0.4) is 0 Å². The maximum Gasteiger partial charge on any atom is 0.332 e. The van der Waals surface area contributed by atoms with E-state index in [-0.39, 0.29) is 5.75 Å². The molecule has 0 fully saturated rings. The van der Waals surface area contributed by atoms with Gasteiger partial charge in [-0.3, -0.25) is 0 Å². The fourth-order valence-electron chi connectivity index (χ4n) is 1.63. The Kier molecular flexibility index (Phi) is 3.78. The van der Waals surface area contributed by atoms with Crippen molar-refractivity contribution in [1.82, 2.24) is 5.43 Å². The first-order valence-electron chi connectivity index (χ1n) is 5.64.